The topological polar surface area (TPSA) is 34.1 Å². The van der Waals surface area contributed by atoms with Crippen molar-refractivity contribution >= 4 is 37.6 Å². The molecule has 0 aliphatic heterocycles. The molecule has 0 aliphatic rings. The van der Waals surface area contributed by atoms with Crippen LogP contribution in [0.25, 0.3) is 6.08 Å². The third-order valence-corrected chi connectivity index (χ3v) is 5.72. The quantitative estimate of drug-likeness (QED) is 0.293. The molecule has 138 valence electrons. The highest BCUT2D eigenvalue weighted by Gasteiger charge is 2.09. The summed E-state index contributed by atoms with van der Waals surface area (Å²) in [5, 5.41) is 0. The number of benzene rings is 2. The van der Waals surface area contributed by atoms with Crippen LogP contribution in [0.1, 0.15) is 45.5 Å². The van der Waals surface area contributed by atoms with E-state index in [0.717, 1.165) is 24.2 Å². The van der Waals surface area contributed by atoms with Crippen molar-refractivity contribution in [2.24, 2.45) is 0 Å². The first-order valence-electron chi connectivity index (χ1n) is 8.66. The second kappa shape index (κ2) is 9.75. The summed E-state index contributed by atoms with van der Waals surface area (Å²) in [5.41, 5.74) is 2.28. The van der Waals surface area contributed by atoms with Gasteiger partial charge >= 0.3 is 0 Å². The predicted octanol–water partition coefficient (Wildman–Crippen LogP) is 6.15. The lowest BCUT2D eigenvalue weighted by molar-refractivity contribution is 0.0979. The van der Waals surface area contributed by atoms with Crippen molar-refractivity contribution in [1.29, 1.82) is 0 Å². The fourth-order valence-electron chi connectivity index (χ4n) is 2.53. The fraction of sp³-hybridized carbons (Fsp3) is 0.273. The Morgan fingerprint density at radius 3 is 2.19 bits per heavy atom. The fourth-order valence-corrected chi connectivity index (χ4v) is 3.74. The summed E-state index contributed by atoms with van der Waals surface area (Å²) >= 11 is 0. The molecule has 0 spiro atoms. The molecule has 0 saturated heterocycles. The second-order valence-corrected chi connectivity index (χ2v) is 12.4. The number of ketones is 2. The first kappa shape index (κ1) is 20.5. The van der Waals surface area contributed by atoms with Gasteiger partial charge in [-0.1, -0.05) is 71.4 Å². The van der Waals surface area contributed by atoms with E-state index in [1.807, 2.05) is 42.5 Å². The summed E-state index contributed by atoms with van der Waals surface area (Å²) in [7, 11) is 5.24. The highest BCUT2D eigenvalue weighted by molar-refractivity contribution is 8.50. The number of carbonyl (C=O) groups excluding carboxylic acids is 2. The van der Waals surface area contributed by atoms with E-state index in [4.69, 9.17) is 10.7 Å². The Morgan fingerprint density at radius 1 is 0.923 bits per heavy atom. The number of carbonyl (C=O) groups is 2. The second-order valence-electron chi connectivity index (χ2n) is 6.67. The molecular formula is C22H25ClO2S. The van der Waals surface area contributed by atoms with Crippen LogP contribution in [-0.2, 0) is 0 Å². The van der Waals surface area contributed by atoms with Crippen molar-refractivity contribution in [3.63, 3.8) is 0 Å². The number of rotatable bonds is 9. The lowest BCUT2D eigenvalue weighted by atomic mass is 10.0. The SMILES string of the molecule is CS(C)(Cl)CCCCC(=O)c1ccc(/C=C/C(=O)c2ccccc2)cc1. The molecule has 0 fully saturated rings. The minimum Gasteiger partial charge on any atom is -0.294 e. The van der Waals surface area contributed by atoms with Crippen molar-refractivity contribution in [3.05, 3.63) is 77.4 Å². The van der Waals surface area contributed by atoms with Gasteiger partial charge in [0.1, 0.15) is 0 Å². The summed E-state index contributed by atoms with van der Waals surface area (Å²) in [6, 6.07) is 16.5. The van der Waals surface area contributed by atoms with Gasteiger partial charge in [0.15, 0.2) is 11.6 Å². The number of hydrogen-bond donors (Lipinski definition) is 0. The van der Waals surface area contributed by atoms with E-state index < -0.39 is 9.24 Å². The van der Waals surface area contributed by atoms with E-state index in [1.54, 1.807) is 24.3 Å². The largest absolute Gasteiger partial charge is 0.294 e. The van der Waals surface area contributed by atoms with Gasteiger partial charge in [0, 0.05) is 17.5 Å². The van der Waals surface area contributed by atoms with Crippen LogP contribution in [0.5, 0.6) is 0 Å². The van der Waals surface area contributed by atoms with Crippen molar-refractivity contribution in [2.75, 3.05) is 18.3 Å². The monoisotopic (exact) mass is 388 g/mol. The van der Waals surface area contributed by atoms with Gasteiger partial charge < -0.3 is 0 Å². The highest BCUT2D eigenvalue weighted by Crippen LogP contribution is 2.45. The molecule has 0 saturated carbocycles. The highest BCUT2D eigenvalue weighted by atomic mass is 35.7. The van der Waals surface area contributed by atoms with Crippen LogP contribution in [-0.4, -0.2) is 29.8 Å². The van der Waals surface area contributed by atoms with E-state index >= 15 is 0 Å². The van der Waals surface area contributed by atoms with Crippen LogP contribution in [0.15, 0.2) is 60.7 Å². The van der Waals surface area contributed by atoms with E-state index in [-0.39, 0.29) is 11.6 Å². The van der Waals surface area contributed by atoms with Crippen LogP contribution in [0, 0.1) is 0 Å². The van der Waals surface area contributed by atoms with Crippen LogP contribution in [0.4, 0.5) is 0 Å². The van der Waals surface area contributed by atoms with Gasteiger partial charge in [0.2, 0.25) is 0 Å². The van der Waals surface area contributed by atoms with Crippen molar-refractivity contribution in [2.45, 2.75) is 19.3 Å². The Hall–Kier alpha value is -1.84. The van der Waals surface area contributed by atoms with Gasteiger partial charge in [0.05, 0.1) is 0 Å². The molecule has 2 aromatic rings. The molecule has 0 N–H and O–H groups in total. The third kappa shape index (κ3) is 7.19. The summed E-state index contributed by atoms with van der Waals surface area (Å²) in [6.07, 6.45) is 9.89. The van der Waals surface area contributed by atoms with E-state index in [0.29, 0.717) is 17.5 Å². The predicted molar refractivity (Wildman–Crippen MR) is 115 cm³/mol. The Morgan fingerprint density at radius 2 is 1.58 bits per heavy atom. The number of Topliss-reactive ketones (excluding diaryl/α,β-unsaturated/α-hetero) is 1. The molecule has 0 atom stereocenters. The Labute approximate surface area is 162 Å². The van der Waals surface area contributed by atoms with Gasteiger partial charge in [-0.3, -0.25) is 9.59 Å². The minimum atomic E-state index is -1.00. The molecule has 2 nitrogen and oxygen atoms in total. The first-order chi connectivity index (χ1) is 12.3. The van der Waals surface area contributed by atoms with Crippen molar-refractivity contribution in [1.82, 2.24) is 0 Å². The average molecular weight is 389 g/mol. The molecule has 2 aromatic carbocycles. The standard InChI is InChI=1S/C22H25ClO2S/c1-26(2,23)17-7-6-10-21(24)20-14-11-18(12-15-20)13-16-22(25)19-8-4-3-5-9-19/h3-5,8-9,11-16H,6-7,10,17H2,1-2H3/b16-13+. The van der Waals surface area contributed by atoms with Crippen LogP contribution in [0.3, 0.4) is 0 Å². The molecule has 0 radical (unpaired) electrons. The van der Waals surface area contributed by atoms with Gasteiger partial charge in [-0.2, -0.15) is 9.24 Å². The molecular weight excluding hydrogens is 364 g/mol. The van der Waals surface area contributed by atoms with Gasteiger partial charge in [-0.05, 0) is 42.7 Å². The van der Waals surface area contributed by atoms with Gasteiger partial charge in [-0.15, -0.1) is 0 Å². The lowest BCUT2D eigenvalue weighted by Crippen LogP contribution is -2.01. The number of unbranched alkanes of at least 4 members (excludes halogenated alkanes) is 1. The van der Waals surface area contributed by atoms with Crippen molar-refractivity contribution < 1.29 is 9.59 Å². The third-order valence-electron chi connectivity index (χ3n) is 4.00. The maximum atomic E-state index is 12.2. The molecule has 0 amide bonds. The smallest absolute Gasteiger partial charge is 0.185 e. The lowest BCUT2D eigenvalue weighted by Gasteiger charge is -2.21. The summed E-state index contributed by atoms with van der Waals surface area (Å²) in [6.45, 7) is 0. The summed E-state index contributed by atoms with van der Waals surface area (Å²) in [4.78, 5) is 24.3. The number of hydrogen-bond acceptors (Lipinski definition) is 2. The first-order valence-corrected chi connectivity index (χ1v) is 12.1. The summed E-state index contributed by atoms with van der Waals surface area (Å²) < 4.78 is 0. The maximum absolute atomic E-state index is 12.2. The number of allylic oxidation sites excluding steroid dienone is 1. The maximum Gasteiger partial charge on any atom is 0.185 e. The Balaban J connectivity index is 1.86. The van der Waals surface area contributed by atoms with Crippen LogP contribution < -0.4 is 0 Å². The molecule has 0 unspecified atom stereocenters. The van der Waals surface area contributed by atoms with Crippen molar-refractivity contribution in [3.8, 4) is 0 Å². The summed E-state index contributed by atoms with van der Waals surface area (Å²) in [5.74, 6) is 1.11. The molecule has 26 heavy (non-hydrogen) atoms. The molecule has 0 bridgehead atoms. The number of halogens is 1. The van der Waals surface area contributed by atoms with E-state index in [9.17, 15) is 9.59 Å². The Kier molecular flexibility index (Phi) is 7.67. The van der Waals surface area contributed by atoms with Gasteiger partial charge in [-0.25, -0.2) is 0 Å². The average Bonchev–Trinajstić information content (AvgIpc) is 2.63. The zero-order valence-electron chi connectivity index (χ0n) is 15.3. The molecule has 0 aromatic heterocycles. The zero-order valence-corrected chi connectivity index (χ0v) is 16.9. The van der Waals surface area contributed by atoms with Gasteiger partial charge in [0.25, 0.3) is 0 Å². The normalized spacial score (nSPS) is 12.3. The van der Waals surface area contributed by atoms with E-state index in [1.165, 1.54) is 0 Å². The van der Waals surface area contributed by atoms with Crippen LogP contribution >= 0.6 is 19.9 Å². The zero-order chi connectivity index (χ0) is 19.0. The Bertz CT molecular complexity index is 759. The molecule has 0 heterocycles. The van der Waals surface area contributed by atoms with Crippen LogP contribution in [0.2, 0.25) is 0 Å². The molecule has 2 rings (SSSR count). The molecule has 4 heteroatoms. The molecule has 0 aliphatic carbocycles. The van der Waals surface area contributed by atoms with E-state index in [2.05, 4.69) is 12.5 Å². The minimum absolute atomic E-state index is 0.0323.